The molecule has 1 fully saturated rings. The fourth-order valence-electron chi connectivity index (χ4n) is 1.83. The first-order valence-electron chi connectivity index (χ1n) is 5.76. The zero-order valence-electron chi connectivity index (χ0n) is 9.53. The van der Waals surface area contributed by atoms with Gasteiger partial charge in [-0.25, -0.2) is 4.98 Å². The monoisotopic (exact) mass is 205 g/mol. The fourth-order valence-corrected chi connectivity index (χ4v) is 1.83. The molecule has 0 spiro atoms. The molecule has 2 rings (SSSR count). The highest BCUT2D eigenvalue weighted by atomic mass is 15.2. The van der Waals surface area contributed by atoms with Gasteiger partial charge in [0.15, 0.2) is 0 Å². The predicted molar refractivity (Wildman–Crippen MR) is 64.4 cm³/mol. The first kappa shape index (κ1) is 10.3. The second-order valence-electron chi connectivity index (χ2n) is 4.06. The molecule has 1 aliphatic carbocycles. The van der Waals surface area contributed by atoms with E-state index < -0.39 is 0 Å². The number of pyridine rings is 1. The van der Waals surface area contributed by atoms with Crippen LogP contribution >= 0.6 is 0 Å². The Balaban J connectivity index is 2.16. The van der Waals surface area contributed by atoms with Crippen LogP contribution in [0.15, 0.2) is 18.2 Å². The summed E-state index contributed by atoms with van der Waals surface area (Å²) in [5, 5.41) is 3.09. The van der Waals surface area contributed by atoms with Gasteiger partial charge in [0.2, 0.25) is 0 Å². The van der Waals surface area contributed by atoms with E-state index >= 15 is 0 Å². The second-order valence-corrected chi connectivity index (χ2v) is 4.06. The molecular weight excluding hydrogens is 186 g/mol. The molecule has 15 heavy (non-hydrogen) atoms. The van der Waals surface area contributed by atoms with E-state index in [9.17, 15) is 0 Å². The largest absolute Gasteiger partial charge is 0.373 e. The Labute approximate surface area is 91.5 Å². The third kappa shape index (κ3) is 2.41. The lowest BCUT2D eigenvalue weighted by molar-refractivity contribution is 0.751. The van der Waals surface area contributed by atoms with Gasteiger partial charge >= 0.3 is 0 Å². The van der Waals surface area contributed by atoms with E-state index in [0.717, 1.165) is 24.2 Å². The smallest absolute Gasteiger partial charge is 0.131 e. The lowest BCUT2D eigenvalue weighted by atomic mass is 10.3. The van der Waals surface area contributed by atoms with E-state index in [1.54, 1.807) is 0 Å². The number of anilines is 2. The van der Waals surface area contributed by atoms with Crippen LogP contribution in [0.3, 0.4) is 0 Å². The van der Waals surface area contributed by atoms with Crippen LogP contribution in [-0.4, -0.2) is 24.6 Å². The highest BCUT2D eigenvalue weighted by molar-refractivity contribution is 5.48. The second kappa shape index (κ2) is 4.51. The molecule has 0 radical (unpaired) electrons. The van der Waals surface area contributed by atoms with Crippen molar-refractivity contribution in [2.24, 2.45) is 0 Å². The molecule has 3 heteroatoms. The average molecular weight is 205 g/mol. The molecule has 1 aromatic rings. The zero-order chi connectivity index (χ0) is 10.7. The van der Waals surface area contributed by atoms with Crippen molar-refractivity contribution in [1.29, 1.82) is 0 Å². The van der Waals surface area contributed by atoms with Crippen molar-refractivity contribution in [1.82, 2.24) is 4.98 Å². The fraction of sp³-hybridized carbons (Fsp3) is 0.583. The number of hydrogen-bond acceptors (Lipinski definition) is 3. The van der Waals surface area contributed by atoms with Gasteiger partial charge in [0.1, 0.15) is 11.6 Å². The van der Waals surface area contributed by atoms with E-state index in [2.05, 4.69) is 34.3 Å². The van der Waals surface area contributed by atoms with Crippen molar-refractivity contribution in [2.75, 3.05) is 23.8 Å². The number of hydrogen-bond donors (Lipinski definition) is 1. The van der Waals surface area contributed by atoms with Gasteiger partial charge in [0.05, 0.1) is 0 Å². The summed E-state index contributed by atoms with van der Waals surface area (Å²) in [7, 11) is 1.91. The normalized spacial score (nSPS) is 15.1. The molecule has 3 nitrogen and oxygen atoms in total. The quantitative estimate of drug-likeness (QED) is 0.800. The van der Waals surface area contributed by atoms with Crippen molar-refractivity contribution in [3.05, 3.63) is 18.2 Å². The maximum atomic E-state index is 4.59. The van der Waals surface area contributed by atoms with Crippen LogP contribution < -0.4 is 10.2 Å². The average Bonchev–Trinajstić information content (AvgIpc) is 3.10. The van der Waals surface area contributed by atoms with Crippen molar-refractivity contribution in [3.8, 4) is 0 Å². The Morgan fingerprint density at radius 2 is 2.27 bits per heavy atom. The van der Waals surface area contributed by atoms with Crippen LogP contribution in [0.5, 0.6) is 0 Å². The van der Waals surface area contributed by atoms with E-state index in [1.165, 1.54) is 19.3 Å². The van der Waals surface area contributed by atoms with Gasteiger partial charge in [-0.15, -0.1) is 0 Å². The van der Waals surface area contributed by atoms with Gasteiger partial charge < -0.3 is 10.2 Å². The summed E-state index contributed by atoms with van der Waals surface area (Å²) in [5.41, 5.74) is 0. The van der Waals surface area contributed by atoms with Gasteiger partial charge in [-0.3, -0.25) is 0 Å². The van der Waals surface area contributed by atoms with Crippen LogP contribution in [-0.2, 0) is 0 Å². The number of rotatable bonds is 5. The maximum absolute atomic E-state index is 4.59. The van der Waals surface area contributed by atoms with E-state index in [-0.39, 0.29) is 0 Å². The summed E-state index contributed by atoms with van der Waals surface area (Å²) in [6.45, 7) is 3.34. The minimum absolute atomic E-state index is 0.740. The Bertz CT molecular complexity index is 320. The van der Waals surface area contributed by atoms with Crippen LogP contribution in [0.4, 0.5) is 11.6 Å². The van der Waals surface area contributed by atoms with E-state index in [0.29, 0.717) is 0 Å². The van der Waals surface area contributed by atoms with Crippen LogP contribution in [0.2, 0.25) is 0 Å². The van der Waals surface area contributed by atoms with Gasteiger partial charge in [0, 0.05) is 19.6 Å². The SMILES string of the molecule is CCCN(c1cccc(NC)n1)C1CC1. The summed E-state index contributed by atoms with van der Waals surface area (Å²) >= 11 is 0. The van der Waals surface area contributed by atoms with Gasteiger partial charge in [-0.2, -0.15) is 0 Å². The topological polar surface area (TPSA) is 28.2 Å². The maximum Gasteiger partial charge on any atom is 0.131 e. The first-order valence-corrected chi connectivity index (χ1v) is 5.76. The minimum atomic E-state index is 0.740. The van der Waals surface area contributed by atoms with E-state index in [1.807, 2.05) is 13.1 Å². The zero-order valence-corrected chi connectivity index (χ0v) is 9.53. The lowest BCUT2D eigenvalue weighted by Crippen LogP contribution is -2.27. The van der Waals surface area contributed by atoms with Crippen LogP contribution in [0, 0.1) is 0 Å². The minimum Gasteiger partial charge on any atom is -0.373 e. The molecular formula is C12H19N3. The van der Waals surface area contributed by atoms with Gasteiger partial charge in [-0.1, -0.05) is 13.0 Å². The molecule has 1 saturated carbocycles. The van der Waals surface area contributed by atoms with Crippen molar-refractivity contribution in [2.45, 2.75) is 32.2 Å². The van der Waals surface area contributed by atoms with Gasteiger partial charge in [0.25, 0.3) is 0 Å². The molecule has 1 aliphatic rings. The third-order valence-corrected chi connectivity index (χ3v) is 2.74. The van der Waals surface area contributed by atoms with Crippen LogP contribution in [0.1, 0.15) is 26.2 Å². The Hall–Kier alpha value is -1.25. The molecule has 1 aromatic heterocycles. The Kier molecular flexibility index (Phi) is 3.09. The molecule has 0 bridgehead atoms. The predicted octanol–water partition coefficient (Wildman–Crippen LogP) is 2.50. The molecule has 0 aliphatic heterocycles. The summed E-state index contributed by atoms with van der Waals surface area (Å²) in [6, 6.07) is 6.92. The molecule has 0 unspecified atom stereocenters. The summed E-state index contributed by atoms with van der Waals surface area (Å²) < 4.78 is 0. The number of nitrogens with zero attached hydrogens (tertiary/aromatic N) is 2. The van der Waals surface area contributed by atoms with Gasteiger partial charge in [-0.05, 0) is 31.4 Å². The molecule has 0 atom stereocenters. The summed E-state index contributed by atoms with van der Waals surface area (Å²) in [6.07, 6.45) is 3.83. The Morgan fingerprint density at radius 3 is 2.87 bits per heavy atom. The molecule has 1 heterocycles. The Morgan fingerprint density at radius 1 is 1.47 bits per heavy atom. The van der Waals surface area contributed by atoms with E-state index in [4.69, 9.17) is 0 Å². The molecule has 0 aromatic carbocycles. The summed E-state index contributed by atoms with van der Waals surface area (Å²) in [5.74, 6) is 2.07. The van der Waals surface area contributed by atoms with Crippen molar-refractivity contribution < 1.29 is 0 Å². The molecule has 1 N–H and O–H groups in total. The summed E-state index contributed by atoms with van der Waals surface area (Å²) in [4.78, 5) is 7.02. The van der Waals surface area contributed by atoms with Crippen molar-refractivity contribution >= 4 is 11.6 Å². The van der Waals surface area contributed by atoms with Crippen LogP contribution in [0.25, 0.3) is 0 Å². The molecule has 0 amide bonds. The standard InChI is InChI=1S/C12H19N3/c1-3-9-15(10-7-8-10)12-6-4-5-11(13-2)14-12/h4-6,10H,3,7-9H2,1-2H3,(H,13,14). The lowest BCUT2D eigenvalue weighted by Gasteiger charge is -2.23. The number of aromatic nitrogens is 1. The van der Waals surface area contributed by atoms with Crippen molar-refractivity contribution in [3.63, 3.8) is 0 Å². The number of nitrogens with one attached hydrogen (secondary N) is 1. The first-order chi connectivity index (χ1) is 7.35. The highest BCUT2D eigenvalue weighted by Crippen LogP contribution is 2.31. The highest BCUT2D eigenvalue weighted by Gasteiger charge is 2.29. The molecule has 0 saturated heterocycles. The third-order valence-electron chi connectivity index (χ3n) is 2.74. The molecule has 82 valence electrons.